The molecule has 9 heteroatoms. The van der Waals surface area contributed by atoms with E-state index in [-0.39, 0.29) is 11.7 Å². The lowest BCUT2D eigenvalue weighted by Gasteiger charge is -2.17. The van der Waals surface area contributed by atoms with Gasteiger partial charge < -0.3 is 5.32 Å². The predicted octanol–water partition coefficient (Wildman–Crippen LogP) is 5.18. The van der Waals surface area contributed by atoms with Crippen molar-refractivity contribution in [3.05, 3.63) is 76.4 Å². The molecule has 0 bridgehead atoms. The van der Waals surface area contributed by atoms with E-state index in [1.807, 2.05) is 34.9 Å². The molecule has 0 unspecified atom stereocenters. The summed E-state index contributed by atoms with van der Waals surface area (Å²) in [5, 5.41) is 22.8. The molecule has 35 heavy (non-hydrogen) atoms. The number of nitrogens with zero attached hydrogens (tertiary/aromatic N) is 5. The fourth-order valence-corrected chi connectivity index (χ4v) is 6.38. The highest BCUT2D eigenvalue weighted by molar-refractivity contribution is 7.99. The van der Waals surface area contributed by atoms with Crippen molar-refractivity contribution in [2.45, 2.75) is 37.9 Å². The molecule has 176 valence electrons. The number of nitrogens with one attached hydrogen (secondary N) is 1. The van der Waals surface area contributed by atoms with Gasteiger partial charge in [0, 0.05) is 22.8 Å². The zero-order valence-electron chi connectivity index (χ0n) is 19.3. The number of aromatic nitrogens is 4. The second-order valence-electron chi connectivity index (χ2n) is 8.62. The Morgan fingerprint density at radius 1 is 1.23 bits per heavy atom. The van der Waals surface area contributed by atoms with Gasteiger partial charge in [0.1, 0.15) is 11.1 Å². The Bertz CT molecular complexity index is 1370. The molecule has 0 spiro atoms. The van der Waals surface area contributed by atoms with Crippen LogP contribution in [0.15, 0.2) is 60.0 Å². The van der Waals surface area contributed by atoms with Crippen molar-refractivity contribution < 1.29 is 4.79 Å². The normalized spacial score (nSPS) is 14.8. The first-order valence-corrected chi connectivity index (χ1v) is 13.3. The van der Waals surface area contributed by atoms with Gasteiger partial charge in [-0.05, 0) is 48.4 Å². The summed E-state index contributed by atoms with van der Waals surface area (Å²) in [5.41, 5.74) is 3.77. The average Bonchev–Trinajstić information content (AvgIpc) is 3.43. The molecule has 0 fully saturated rings. The topological polar surface area (TPSA) is 96.5 Å². The highest BCUT2D eigenvalue weighted by Gasteiger charge is 2.25. The SMILES string of the molecule is C[C@H]1CCc2c(sc(NC(=O)CSc3nnc(-c4ccncc4)n3Cc3ccccc3)c2C#N)C1. The molecule has 1 aliphatic rings. The van der Waals surface area contributed by atoms with Crippen LogP contribution in [-0.2, 0) is 24.2 Å². The minimum absolute atomic E-state index is 0.155. The van der Waals surface area contributed by atoms with Crippen molar-refractivity contribution >= 4 is 34.0 Å². The number of anilines is 1. The molecule has 5 rings (SSSR count). The molecule has 0 saturated heterocycles. The lowest BCUT2D eigenvalue weighted by atomic mass is 9.89. The summed E-state index contributed by atoms with van der Waals surface area (Å²) in [4.78, 5) is 18.2. The fraction of sp³-hybridized carbons (Fsp3) is 0.269. The first-order valence-electron chi connectivity index (χ1n) is 11.5. The van der Waals surface area contributed by atoms with Crippen LogP contribution in [0.2, 0.25) is 0 Å². The lowest BCUT2D eigenvalue weighted by Crippen LogP contribution is -2.15. The van der Waals surface area contributed by atoms with E-state index in [0.29, 0.717) is 28.2 Å². The summed E-state index contributed by atoms with van der Waals surface area (Å²) in [7, 11) is 0. The summed E-state index contributed by atoms with van der Waals surface area (Å²) in [6.07, 6.45) is 6.41. The number of rotatable bonds is 7. The second-order valence-corrected chi connectivity index (χ2v) is 10.7. The third-order valence-corrected chi connectivity index (χ3v) is 8.18. The van der Waals surface area contributed by atoms with Crippen LogP contribution in [0, 0.1) is 17.2 Å². The Labute approximate surface area is 212 Å². The number of thioether (sulfide) groups is 1. The monoisotopic (exact) mass is 500 g/mol. The summed E-state index contributed by atoms with van der Waals surface area (Å²) in [5.74, 6) is 1.36. The van der Waals surface area contributed by atoms with Gasteiger partial charge in [0.2, 0.25) is 5.91 Å². The molecule has 1 aliphatic carbocycles. The van der Waals surface area contributed by atoms with E-state index in [2.05, 4.69) is 45.6 Å². The Morgan fingerprint density at radius 3 is 2.80 bits per heavy atom. The van der Waals surface area contributed by atoms with Crippen LogP contribution < -0.4 is 5.32 Å². The quantitative estimate of drug-likeness (QED) is 0.351. The maximum absolute atomic E-state index is 12.9. The molecule has 0 radical (unpaired) electrons. The Morgan fingerprint density at radius 2 is 2.03 bits per heavy atom. The first kappa shape index (κ1) is 23.3. The number of nitriles is 1. The van der Waals surface area contributed by atoms with E-state index in [1.54, 1.807) is 23.7 Å². The Kier molecular flexibility index (Phi) is 6.93. The van der Waals surface area contributed by atoms with E-state index < -0.39 is 0 Å². The largest absolute Gasteiger partial charge is 0.316 e. The van der Waals surface area contributed by atoms with Gasteiger partial charge in [-0.3, -0.25) is 14.3 Å². The number of carbonyl (C=O) groups is 1. The van der Waals surface area contributed by atoms with Gasteiger partial charge >= 0.3 is 0 Å². The molecule has 1 atom stereocenters. The van der Waals surface area contributed by atoms with Crippen LogP contribution in [0.25, 0.3) is 11.4 Å². The third-order valence-electron chi connectivity index (χ3n) is 6.05. The molecular formula is C26H24N6OS2. The van der Waals surface area contributed by atoms with Gasteiger partial charge in [0.15, 0.2) is 11.0 Å². The summed E-state index contributed by atoms with van der Waals surface area (Å²) >= 11 is 2.89. The number of hydrogen-bond donors (Lipinski definition) is 1. The number of pyridine rings is 1. The van der Waals surface area contributed by atoms with Crippen molar-refractivity contribution in [1.82, 2.24) is 19.7 Å². The molecule has 0 saturated carbocycles. The number of amides is 1. The Hall–Kier alpha value is -3.48. The smallest absolute Gasteiger partial charge is 0.235 e. The molecule has 3 heterocycles. The van der Waals surface area contributed by atoms with Gasteiger partial charge in [-0.25, -0.2) is 0 Å². The summed E-state index contributed by atoms with van der Waals surface area (Å²) in [6.45, 7) is 2.82. The fourth-order valence-electron chi connectivity index (χ4n) is 4.27. The van der Waals surface area contributed by atoms with E-state index in [1.165, 1.54) is 16.6 Å². The van der Waals surface area contributed by atoms with Crippen molar-refractivity contribution in [1.29, 1.82) is 5.26 Å². The van der Waals surface area contributed by atoms with Gasteiger partial charge in [-0.1, -0.05) is 49.0 Å². The zero-order chi connectivity index (χ0) is 24.2. The van der Waals surface area contributed by atoms with Crippen molar-refractivity contribution in [2.24, 2.45) is 5.92 Å². The van der Waals surface area contributed by atoms with E-state index in [4.69, 9.17) is 0 Å². The van der Waals surface area contributed by atoms with Crippen LogP contribution >= 0.6 is 23.1 Å². The average molecular weight is 501 g/mol. The summed E-state index contributed by atoms with van der Waals surface area (Å²) in [6, 6.07) is 16.2. The molecule has 3 aromatic heterocycles. The van der Waals surface area contributed by atoms with E-state index in [0.717, 1.165) is 41.8 Å². The van der Waals surface area contributed by atoms with E-state index in [9.17, 15) is 10.1 Å². The number of hydrogen-bond acceptors (Lipinski definition) is 7. The molecule has 1 amide bonds. The highest BCUT2D eigenvalue weighted by atomic mass is 32.2. The number of fused-ring (bicyclic) bond motifs is 1. The van der Waals surface area contributed by atoms with Gasteiger partial charge in [-0.15, -0.1) is 21.5 Å². The highest BCUT2D eigenvalue weighted by Crippen LogP contribution is 2.39. The van der Waals surface area contributed by atoms with Gasteiger partial charge in [0.25, 0.3) is 0 Å². The second kappa shape index (κ2) is 10.4. The van der Waals surface area contributed by atoms with Crippen LogP contribution in [0.3, 0.4) is 0 Å². The molecule has 1 N–H and O–H groups in total. The Balaban J connectivity index is 1.34. The molecule has 0 aliphatic heterocycles. The molecule has 1 aromatic carbocycles. The van der Waals surface area contributed by atoms with Gasteiger partial charge in [0.05, 0.1) is 17.9 Å². The minimum Gasteiger partial charge on any atom is -0.316 e. The van der Waals surface area contributed by atoms with Crippen molar-refractivity contribution in [3.8, 4) is 17.5 Å². The number of carbonyl (C=O) groups excluding carboxylic acids is 1. The summed E-state index contributed by atoms with van der Waals surface area (Å²) < 4.78 is 2.02. The number of thiophene rings is 1. The molecule has 7 nitrogen and oxygen atoms in total. The predicted molar refractivity (Wildman–Crippen MR) is 138 cm³/mol. The van der Waals surface area contributed by atoms with Crippen molar-refractivity contribution in [2.75, 3.05) is 11.1 Å². The zero-order valence-corrected chi connectivity index (χ0v) is 20.9. The third kappa shape index (κ3) is 5.14. The lowest BCUT2D eigenvalue weighted by molar-refractivity contribution is -0.113. The maximum Gasteiger partial charge on any atom is 0.235 e. The first-order chi connectivity index (χ1) is 17.1. The molecular weight excluding hydrogens is 476 g/mol. The number of benzene rings is 1. The minimum atomic E-state index is -0.155. The standard InChI is InChI=1S/C26H24N6OS2/c1-17-7-8-20-21(14-27)25(35-22(20)13-17)29-23(33)16-34-26-31-30-24(19-9-11-28-12-10-19)32(26)15-18-5-3-2-4-6-18/h2-6,9-12,17H,7-8,13,15-16H2,1H3,(H,29,33)/t17-/m0/s1. The van der Waals surface area contributed by atoms with Crippen LogP contribution in [0.1, 0.15) is 34.9 Å². The van der Waals surface area contributed by atoms with Crippen molar-refractivity contribution in [3.63, 3.8) is 0 Å². The maximum atomic E-state index is 12.9. The molecule has 4 aromatic rings. The van der Waals surface area contributed by atoms with Gasteiger partial charge in [-0.2, -0.15) is 5.26 Å². The van der Waals surface area contributed by atoms with Crippen LogP contribution in [0.4, 0.5) is 5.00 Å². The van der Waals surface area contributed by atoms with E-state index >= 15 is 0 Å². The van der Waals surface area contributed by atoms with Crippen LogP contribution in [-0.4, -0.2) is 31.4 Å². The van der Waals surface area contributed by atoms with Crippen LogP contribution in [0.5, 0.6) is 0 Å².